The molecule has 1 atom stereocenters. The first-order valence-corrected chi connectivity index (χ1v) is 13.1. The van der Waals surface area contributed by atoms with E-state index in [4.69, 9.17) is 26.1 Å². The summed E-state index contributed by atoms with van der Waals surface area (Å²) >= 11 is 6.82. The molecule has 8 nitrogen and oxygen atoms in total. The molecule has 194 valence electrons. The van der Waals surface area contributed by atoms with E-state index >= 15 is 0 Å². The van der Waals surface area contributed by atoms with Gasteiger partial charge in [0.2, 0.25) is 0 Å². The Morgan fingerprint density at radius 1 is 1.11 bits per heavy atom. The normalized spacial score (nSPS) is 15.3. The molecule has 1 fully saturated rings. The zero-order valence-corrected chi connectivity index (χ0v) is 22.3. The Bertz CT molecular complexity index is 1630. The number of benzene rings is 2. The lowest BCUT2D eigenvalue weighted by Gasteiger charge is -2.33. The highest BCUT2D eigenvalue weighted by molar-refractivity contribution is 6.33. The van der Waals surface area contributed by atoms with Gasteiger partial charge in [-0.1, -0.05) is 47.1 Å². The van der Waals surface area contributed by atoms with Crippen molar-refractivity contribution in [3.63, 3.8) is 0 Å². The number of pyridine rings is 1. The van der Waals surface area contributed by atoms with Gasteiger partial charge in [-0.2, -0.15) is 0 Å². The molecule has 3 aromatic heterocycles. The fraction of sp³-hybridized carbons (Fsp3) is 0.310. The molecule has 0 spiro atoms. The van der Waals surface area contributed by atoms with E-state index in [0.717, 1.165) is 51.7 Å². The van der Waals surface area contributed by atoms with Crippen LogP contribution in [0.1, 0.15) is 40.5 Å². The van der Waals surface area contributed by atoms with Gasteiger partial charge in [-0.05, 0) is 55.5 Å². The largest absolute Gasteiger partial charge is 0.465 e. The quantitative estimate of drug-likeness (QED) is 0.213. The van der Waals surface area contributed by atoms with Crippen LogP contribution in [0.15, 0.2) is 54.6 Å². The molecular weight excluding hydrogens is 502 g/mol. The fourth-order valence-electron chi connectivity index (χ4n) is 5.78. The van der Waals surface area contributed by atoms with Gasteiger partial charge in [-0.25, -0.2) is 14.5 Å². The van der Waals surface area contributed by atoms with E-state index in [1.807, 2.05) is 32.2 Å². The van der Waals surface area contributed by atoms with Crippen molar-refractivity contribution in [3.8, 4) is 11.3 Å². The topological polar surface area (TPSA) is 84.1 Å². The van der Waals surface area contributed by atoms with Crippen LogP contribution in [-0.2, 0) is 16.5 Å². The second kappa shape index (κ2) is 9.85. The minimum absolute atomic E-state index is 0.00502. The molecule has 0 aliphatic carbocycles. The monoisotopic (exact) mass is 529 g/mol. The van der Waals surface area contributed by atoms with Gasteiger partial charge < -0.3 is 14.0 Å². The second-order valence-corrected chi connectivity index (χ2v) is 10.1. The molecular formula is C29H28ClN5O3. The van der Waals surface area contributed by atoms with E-state index in [9.17, 15) is 4.79 Å². The molecule has 0 amide bonds. The summed E-state index contributed by atoms with van der Waals surface area (Å²) in [5.41, 5.74) is 6.66. The Labute approximate surface area is 225 Å². The molecule has 6 rings (SSSR count). The zero-order valence-electron chi connectivity index (χ0n) is 21.5. The van der Waals surface area contributed by atoms with Gasteiger partial charge in [0, 0.05) is 31.2 Å². The van der Waals surface area contributed by atoms with E-state index in [-0.39, 0.29) is 12.0 Å². The molecule has 38 heavy (non-hydrogen) atoms. The van der Waals surface area contributed by atoms with Crippen LogP contribution in [-0.4, -0.2) is 50.8 Å². The maximum absolute atomic E-state index is 12.6. The summed E-state index contributed by atoms with van der Waals surface area (Å²) in [5, 5.41) is 9.72. The number of rotatable bonds is 5. The van der Waals surface area contributed by atoms with Crippen molar-refractivity contribution in [1.29, 1.82) is 0 Å². The van der Waals surface area contributed by atoms with E-state index in [0.29, 0.717) is 29.8 Å². The summed E-state index contributed by atoms with van der Waals surface area (Å²) in [6.45, 7) is 3.34. The van der Waals surface area contributed by atoms with Gasteiger partial charge in [0.25, 0.3) is 0 Å². The van der Waals surface area contributed by atoms with Crippen molar-refractivity contribution in [2.75, 3.05) is 20.3 Å². The number of halogens is 1. The SMILES string of the molecule is COC(=O)c1ccc2c3nc(Cl)c(-c4c(C)nnn4C)cc3n(C(c3ccccc3)C3CCOCC3)c2c1. The molecule has 1 aliphatic rings. The number of aryl methyl sites for hydroxylation is 2. The van der Waals surface area contributed by atoms with Crippen LogP contribution >= 0.6 is 11.6 Å². The third kappa shape index (κ3) is 4.04. The molecule has 0 N–H and O–H groups in total. The minimum Gasteiger partial charge on any atom is -0.465 e. The van der Waals surface area contributed by atoms with Gasteiger partial charge in [-0.3, -0.25) is 0 Å². The Balaban J connectivity index is 1.71. The van der Waals surface area contributed by atoms with Crippen LogP contribution in [0.3, 0.4) is 0 Å². The van der Waals surface area contributed by atoms with Crippen LogP contribution in [0.2, 0.25) is 5.15 Å². The van der Waals surface area contributed by atoms with E-state index < -0.39 is 0 Å². The highest BCUT2D eigenvalue weighted by Crippen LogP contribution is 2.42. The van der Waals surface area contributed by atoms with Crippen LogP contribution in [0, 0.1) is 12.8 Å². The predicted octanol–water partition coefficient (Wildman–Crippen LogP) is 5.75. The number of hydrogen-bond acceptors (Lipinski definition) is 6. The summed E-state index contributed by atoms with van der Waals surface area (Å²) in [6, 6.07) is 18.2. The van der Waals surface area contributed by atoms with Gasteiger partial charge >= 0.3 is 5.97 Å². The molecule has 0 radical (unpaired) electrons. The van der Waals surface area contributed by atoms with Gasteiger partial charge in [-0.15, -0.1) is 5.10 Å². The number of hydrogen-bond donors (Lipinski definition) is 0. The lowest BCUT2D eigenvalue weighted by atomic mass is 9.86. The average Bonchev–Trinajstić information content (AvgIpc) is 3.44. The number of methoxy groups -OCH3 is 1. The predicted molar refractivity (Wildman–Crippen MR) is 146 cm³/mol. The van der Waals surface area contributed by atoms with Crippen molar-refractivity contribution in [1.82, 2.24) is 24.5 Å². The highest BCUT2D eigenvalue weighted by Gasteiger charge is 2.31. The van der Waals surface area contributed by atoms with Gasteiger partial charge in [0.15, 0.2) is 0 Å². The zero-order chi connectivity index (χ0) is 26.4. The molecule has 1 saturated heterocycles. The molecule has 5 aromatic rings. The first-order valence-electron chi connectivity index (χ1n) is 12.7. The molecule has 4 heterocycles. The first-order chi connectivity index (χ1) is 18.5. The smallest absolute Gasteiger partial charge is 0.337 e. The summed E-state index contributed by atoms with van der Waals surface area (Å²) in [7, 11) is 3.25. The third-order valence-corrected chi connectivity index (χ3v) is 7.82. The van der Waals surface area contributed by atoms with Crippen molar-refractivity contribution in [2.45, 2.75) is 25.8 Å². The summed E-state index contributed by atoms with van der Waals surface area (Å²) in [5.74, 6) is -0.0553. The maximum Gasteiger partial charge on any atom is 0.337 e. The Kier molecular flexibility index (Phi) is 6.37. The number of esters is 1. The average molecular weight is 530 g/mol. The summed E-state index contributed by atoms with van der Waals surface area (Å²) in [4.78, 5) is 17.5. The van der Waals surface area contributed by atoms with E-state index in [1.54, 1.807) is 10.7 Å². The maximum atomic E-state index is 12.6. The molecule has 2 aromatic carbocycles. The third-order valence-electron chi connectivity index (χ3n) is 7.53. The molecule has 9 heteroatoms. The first kappa shape index (κ1) is 24.6. The van der Waals surface area contributed by atoms with Crippen LogP contribution < -0.4 is 0 Å². The Morgan fingerprint density at radius 3 is 2.55 bits per heavy atom. The number of carbonyl (C=O) groups excluding carboxylic acids is 1. The van der Waals surface area contributed by atoms with Crippen molar-refractivity contribution in [2.24, 2.45) is 13.0 Å². The standard InChI is InChI=1S/C29H28ClN5O3/c1-17-26(34(2)33-32-17)22-16-24-25(31-28(22)30)21-10-9-20(29(36)37-3)15-23(21)35(24)27(18-7-5-4-6-8-18)19-11-13-38-14-12-19/h4-10,15-16,19,27H,11-14H2,1-3H3. The Hall–Kier alpha value is -3.75. The Morgan fingerprint density at radius 2 is 1.87 bits per heavy atom. The lowest BCUT2D eigenvalue weighted by molar-refractivity contribution is 0.0553. The number of nitrogens with zero attached hydrogens (tertiary/aromatic N) is 5. The van der Waals surface area contributed by atoms with E-state index in [2.05, 4.69) is 45.2 Å². The fourth-order valence-corrected chi connectivity index (χ4v) is 6.01. The molecule has 1 aliphatic heterocycles. The number of aromatic nitrogens is 5. The molecule has 0 saturated carbocycles. The van der Waals surface area contributed by atoms with Gasteiger partial charge in [0.05, 0.1) is 46.7 Å². The number of fused-ring (bicyclic) bond motifs is 3. The molecule has 0 bridgehead atoms. The van der Waals surface area contributed by atoms with Crippen LogP contribution in [0.4, 0.5) is 0 Å². The second-order valence-electron chi connectivity index (χ2n) is 9.74. The van der Waals surface area contributed by atoms with Crippen molar-refractivity contribution < 1.29 is 14.3 Å². The summed E-state index contributed by atoms with van der Waals surface area (Å²) in [6.07, 6.45) is 1.85. The van der Waals surface area contributed by atoms with Crippen molar-refractivity contribution >= 4 is 39.5 Å². The number of carbonyl (C=O) groups is 1. The van der Waals surface area contributed by atoms with Crippen LogP contribution in [0.25, 0.3) is 33.2 Å². The lowest BCUT2D eigenvalue weighted by Crippen LogP contribution is -2.27. The van der Waals surface area contributed by atoms with E-state index in [1.165, 1.54) is 12.7 Å². The minimum atomic E-state index is -0.380. The van der Waals surface area contributed by atoms with Crippen molar-refractivity contribution in [3.05, 3.63) is 76.6 Å². The van der Waals surface area contributed by atoms with Crippen LogP contribution in [0.5, 0.6) is 0 Å². The van der Waals surface area contributed by atoms with Gasteiger partial charge in [0.1, 0.15) is 5.15 Å². The highest BCUT2D eigenvalue weighted by atomic mass is 35.5. The summed E-state index contributed by atoms with van der Waals surface area (Å²) < 4.78 is 14.8. The number of ether oxygens (including phenoxy) is 2. The molecule has 1 unspecified atom stereocenters.